The molecule has 2 aliphatic carbocycles. The van der Waals surface area contributed by atoms with Crippen molar-refractivity contribution in [3.63, 3.8) is 0 Å². The number of halogens is 1. The molecule has 2 N–H and O–H groups in total. The molecule has 1 aromatic heterocycles. The fourth-order valence-electron chi connectivity index (χ4n) is 9.28. The van der Waals surface area contributed by atoms with Gasteiger partial charge in [0.25, 0.3) is 0 Å². The summed E-state index contributed by atoms with van der Waals surface area (Å²) in [4.78, 5) is 45.5. The summed E-state index contributed by atoms with van der Waals surface area (Å²) >= 11 is 0. The van der Waals surface area contributed by atoms with Crippen LogP contribution >= 0.6 is 0 Å². The first kappa shape index (κ1) is 37.9. The number of fused-ring (bicyclic) bond motifs is 1. The Hall–Kier alpha value is -2.86. The van der Waals surface area contributed by atoms with Crippen LogP contribution in [0.1, 0.15) is 94.2 Å². The molecule has 282 valence electrons. The van der Waals surface area contributed by atoms with E-state index in [0.29, 0.717) is 57.1 Å². The number of hydrogen-bond acceptors (Lipinski definition) is 9. The van der Waals surface area contributed by atoms with Crippen molar-refractivity contribution in [3.05, 3.63) is 35.6 Å². The summed E-state index contributed by atoms with van der Waals surface area (Å²) in [5.74, 6) is 0.189. The lowest BCUT2D eigenvalue weighted by atomic mass is 9.74. The highest BCUT2D eigenvalue weighted by Crippen LogP contribution is 2.42. The Morgan fingerprint density at radius 3 is 2.49 bits per heavy atom. The monoisotopic (exact) mass is 711 g/mol. The number of benzene rings is 1. The minimum Gasteiger partial charge on any atom is -0.460 e. The van der Waals surface area contributed by atoms with Gasteiger partial charge in [0, 0.05) is 56.0 Å². The van der Waals surface area contributed by atoms with Crippen LogP contribution in [0.2, 0.25) is 0 Å². The second-order valence-corrected chi connectivity index (χ2v) is 16.1. The van der Waals surface area contributed by atoms with Gasteiger partial charge in [-0.2, -0.15) is 0 Å². The first-order chi connectivity index (χ1) is 24.6. The van der Waals surface area contributed by atoms with Crippen LogP contribution in [0.5, 0.6) is 0 Å². The minimum absolute atomic E-state index is 0.0395. The van der Waals surface area contributed by atoms with Crippen molar-refractivity contribution in [2.45, 2.75) is 108 Å². The van der Waals surface area contributed by atoms with Crippen LogP contribution in [0.3, 0.4) is 0 Å². The van der Waals surface area contributed by atoms with E-state index in [9.17, 15) is 18.8 Å². The number of ketones is 1. The smallest absolute Gasteiger partial charge is 0.374 e. The second kappa shape index (κ2) is 16.9. The summed E-state index contributed by atoms with van der Waals surface area (Å²) in [5, 5.41) is 0.736. The maximum absolute atomic E-state index is 14.3. The molecule has 1 amide bonds. The molecule has 2 aromatic rings. The standard InChI is InChI=1S/C40H58FN3O7/c1-40(2)25-49-20-18-43(40)16-4-19-50-39(47)36-23-30-21-26(5-14-35(30)51-36)22-34(45)37-32(27-10-12-31(48-3)13-11-27)15-17-44(37)38(46)29-8-6-28(7-9-29)33(42)24-41/h5,14,21,23,27-29,31-33,37H,4,6-13,15-20,22,24-25,42H2,1-3H3/t27?,28?,29?,31?,32-,33+,37-/m0/s1. The number of likely N-dealkylation sites (tertiary alicyclic amines) is 1. The van der Waals surface area contributed by atoms with Crippen LogP contribution in [0, 0.1) is 23.7 Å². The molecule has 6 rings (SSSR count). The van der Waals surface area contributed by atoms with Crippen molar-refractivity contribution in [2.24, 2.45) is 29.4 Å². The van der Waals surface area contributed by atoms with Crippen LogP contribution in [0.25, 0.3) is 11.0 Å². The van der Waals surface area contributed by atoms with Crippen molar-refractivity contribution in [1.29, 1.82) is 0 Å². The number of furan rings is 1. The van der Waals surface area contributed by atoms with E-state index in [2.05, 4.69) is 18.7 Å². The number of hydrogen-bond donors (Lipinski definition) is 1. The van der Waals surface area contributed by atoms with Crippen molar-refractivity contribution >= 4 is 28.6 Å². The molecule has 11 heteroatoms. The van der Waals surface area contributed by atoms with Gasteiger partial charge in [-0.1, -0.05) is 6.07 Å². The van der Waals surface area contributed by atoms with E-state index in [0.717, 1.165) is 69.0 Å². The molecule has 2 saturated carbocycles. The van der Waals surface area contributed by atoms with Crippen LogP contribution in [0.4, 0.5) is 4.39 Å². The molecule has 0 radical (unpaired) electrons. The Bertz CT molecular complexity index is 1500. The Labute approximate surface area is 301 Å². The fraction of sp³-hybridized carbons (Fsp3) is 0.725. The Morgan fingerprint density at radius 1 is 1.02 bits per heavy atom. The summed E-state index contributed by atoms with van der Waals surface area (Å²) in [6, 6.07) is 6.32. The molecule has 2 saturated heterocycles. The lowest BCUT2D eigenvalue weighted by Crippen LogP contribution is -2.53. The van der Waals surface area contributed by atoms with Gasteiger partial charge in [0.15, 0.2) is 5.78 Å². The maximum Gasteiger partial charge on any atom is 0.374 e. The number of carbonyl (C=O) groups is 3. The first-order valence-corrected chi connectivity index (χ1v) is 19.3. The average Bonchev–Trinajstić information content (AvgIpc) is 3.78. The second-order valence-electron chi connectivity index (χ2n) is 16.1. The van der Waals surface area contributed by atoms with E-state index in [1.54, 1.807) is 19.2 Å². The lowest BCUT2D eigenvalue weighted by molar-refractivity contribution is -0.143. The predicted molar refractivity (Wildman–Crippen MR) is 192 cm³/mol. The van der Waals surface area contributed by atoms with Gasteiger partial charge in [-0.3, -0.25) is 14.5 Å². The van der Waals surface area contributed by atoms with Gasteiger partial charge in [-0.25, -0.2) is 9.18 Å². The van der Waals surface area contributed by atoms with Gasteiger partial charge in [0.05, 0.1) is 32.0 Å². The lowest BCUT2D eigenvalue weighted by Gasteiger charge is -2.42. The topological polar surface area (TPSA) is 125 Å². The van der Waals surface area contributed by atoms with Crippen molar-refractivity contribution in [2.75, 3.05) is 53.2 Å². The van der Waals surface area contributed by atoms with Crippen molar-refractivity contribution < 1.29 is 37.4 Å². The van der Waals surface area contributed by atoms with E-state index >= 15 is 0 Å². The molecule has 51 heavy (non-hydrogen) atoms. The number of morpholine rings is 1. The van der Waals surface area contributed by atoms with Gasteiger partial charge in [-0.15, -0.1) is 0 Å². The number of rotatable bonds is 13. The molecule has 3 heterocycles. The molecule has 2 aliphatic heterocycles. The zero-order chi connectivity index (χ0) is 36.1. The minimum atomic E-state index is -0.538. The Balaban J connectivity index is 1.10. The molecule has 1 aromatic carbocycles. The number of Topliss-reactive ketones (excluding diaryl/α,β-unsaturated/α-hetero) is 1. The van der Waals surface area contributed by atoms with Crippen LogP contribution in [-0.4, -0.2) is 104 Å². The van der Waals surface area contributed by atoms with Gasteiger partial charge in [0.2, 0.25) is 11.7 Å². The number of nitrogens with zero attached hydrogens (tertiary/aromatic N) is 2. The van der Waals surface area contributed by atoms with Crippen LogP contribution in [0.15, 0.2) is 28.7 Å². The van der Waals surface area contributed by atoms with Crippen molar-refractivity contribution in [1.82, 2.24) is 9.80 Å². The summed E-state index contributed by atoms with van der Waals surface area (Å²) < 4.78 is 35.9. The maximum atomic E-state index is 14.3. The number of alkyl halides is 1. The van der Waals surface area contributed by atoms with Crippen LogP contribution in [-0.2, 0) is 30.2 Å². The third-order valence-corrected chi connectivity index (χ3v) is 12.4. The van der Waals surface area contributed by atoms with Gasteiger partial charge in [0.1, 0.15) is 12.3 Å². The molecule has 0 unspecified atom stereocenters. The number of ether oxygens (including phenoxy) is 3. The highest BCUT2D eigenvalue weighted by molar-refractivity contribution is 5.94. The van der Waals surface area contributed by atoms with E-state index in [1.165, 1.54) is 0 Å². The molecule has 0 bridgehead atoms. The Morgan fingerprint density at radius 2 is 1.78 bits per heavy atom. The number of carbonyl (C=O) groups excluding carboxylic acids is 3. The van der Waals surface area contributed by atoms with E-state index in [1.807, 2.05) is 17.0 Å². The van der Waals surface area contributed by atoms with E-state index in [-0.39, 0.29) is 53.3 Å². The average molecular weight is 712 g/mol. The normalized spacial score (nSPS) is 29.2. The van der Waals surface area contributed by atoms with E-state index in [4.69, 9.17) is 24.4 Å². The third-order valence-electron chi connectivity index (χ3n) is 12.4. The third kappa shape index (κ3) is 8.86. The summed E-state index contributed by atoms with van der Waals surface area (Å²) in [5.41, 5.74) is 7.34. The molecule has 3 atom stereocenters. The van der Waals surface area contributed by atoms with Gasteiger partial charge >= 0.3 is 5.97 Å². The summed E-state index contributed by atoms with van der Waals surface area (Å²) in [6.07, 6.45) is 8.77. The molecule has 4 fully saturated rings. The molecule has 0 spiro atoms. The first-order valence-electron chi connectivity index (χ1n) is 19.3. The number of nitrogens with two attached hydrogens (primary N) is 1. The zero-order valence-electron chi connectivity index (χ0n) is 30.8. The molecular weight excluding hydrogens is 653 g/mol. The Kier molecular flexibility index (Phi) is 12.5. The van der Waals surface area contributed by atoms with Crippen molar-refractivity contribution in [3.8, 4) is 0 Å². The van der Waals surface area contributed by atoms with E-state index < -0.39 is 24.7 Å². The van der Waals surface area contributed by atoms with Gasteiger partial charge < -0.3 is 29.3 Å². The quantitative estimate of drug-likeness (QED) is 0.205. The van der Waals surface area contributed by atoms with Gasteiger partial charge in [-0.05, 0) is 120 Å². The van der Waals surface area contributed by atoms with Crippen LogP contribution < -0.4 is 5.73 Å². The highest BCUT2D eigenvalue weighted by atomic mass is 19.1. The molecule has 4 aliphatic rings. The predicted octanol–water partition coefficient (Wildman–Crippen LogP) is 5.73. The zero-order valence-corrected chi connectivity index (χ0v) is 30.8. The summed E-state index contributed by atoms with van der Waals surface area (Å²) in [7, 11) is 1.76. The number of methoxy groups -OCH3 is 1. The molecular formula is C40H58FN3O7. The molecule has 10 nitrogen and oxygen atoms in total. The summed E-state index contributed by atoms with van der Waals surface area (Å²) in [6.45, 7) is 7.73. The number of amides is 1. The highest BCUT2D eigenvalue weighted by Gasteiger charge is 2.47. The SMILES string of the molecule is COC1CCC([C@@H]2CCN(C(=O)C3CCC([C@H](N)CF)CC3)[C@@H]2C(=O)Cc2ccc3oc(C(=O)OCCCN4CCOCC4(C)C)cc3c2)CC1. The fourth-order valence-corrected chi connectivity index (χ4v) is 9.28. The number of esters is 1. The largest absolute Gasteiger partial charge is 0.460 e.